The minimum absolute atomic E-state index is 0.0390. The maximum Gasteiger partial charge on any atom is 0.254 e. The lowest BCUT2D eigenvalue weighted by Gasteiger charge is -2.51. The van der Waals surface area contributed by atoms with Gasteiger partial charge in [0.1, 0.15) is 0 Å². The number of carbonyl (C=O) groups excluding carboxylic acids is 1. The smallest absolute Gasteiger partial charge is 0.254 e. The first kappa shape index (κ1) is 14.4. The number of halogens is 1. The molecule has 1 aromatic rings. The SMILES string of the molecule is CCN1C(=O)[C@@H](OCc2ccccc2)[C@H]1C(C)(C)Cl. The van der Waals surface area contributed by atoms with E-state index in [2.05, 4.69) is 0 Å². The first-order valence-electron chi connectivity index (χ1n) is 6.60. The lowest BCUT2D eigenvalue weighted by Crippen LogP contribution is -2.71. The quantitative estimate of drug-likeness (QED) is 0.613. The molecule has 3 nitrogen and oxygen atoms in total. The first-order chi connectivity index (χ1) is 8.95. The topological polar surface area (TPSA) is 29.5 Å². The van der Waals surface area contributed by atoms with Gasteiger partial charge in [0.2, 0.25) is 0 Å². The molecule has 19 heavy (non-hydrogen) atoms. The van der Waals surface area contributed by atoms with E-state index in [4.69, 9.17) is 16.3 Å². The van der Waals surface area contributed by atoms with Crippen molar-refractivity contribution in [3.05, 3.63) is 35.9 Å². The molecule has 0 radical (unpaired) electrons. The van der Waals surface area contributed by atoms with Gasteiger partial charge in [0.05, 0.1) is 17.5 Å². The van der Waals surface area contributed by atoms with Crippen molar-refractivity contribution < 1.29 is 9.53 Å². The highest BCUT2D eigenvalue weighted by Crippen LogP contribution is 2.35. The number of likely N-dealkylation sites (N-methyl/N-ethyl adjacent to an activating group) is 1. The second-order valence-corrected chi connectivity index (χ2v) is 6.32. The zero-order valence-electron chi connectivity index (χ0n) is 11.6. The zero-order chi connectivity index (χ0) is 14.0. The fourth-order valence-corrected chi connectivity index (χ4v) is 2.75. The van der Waals surface area contributed by atoms with Crippen molar-refractivity contribution in [3.63, 3.8) is 0 Å². The summed E-state index contributed by atoms with van der Waals surface area (Å²) >= 11 is 6.38. The van der Waals surface area contributed by atoms with E-state index in [0.717, 1.165) is 5.56 Å². The predicted octanol–water partition coefficient (Wildman–Crippen LogP) is 2.82. The van der Waals surface area contributed by atoms with E-state index < -0.39 is 11.0 Å². The molecule has 2 rings (SSSR count). The van der Waals surface area contributed by atoms with Crippen molar-refractivity contribution in [1.29, 1.82) is 0 Å². The lowest BCUT2D eigenvalue weighted by molar-refractivity contribution is -0.178. The van der Waals surface area contributed by atoms with Crippen molar-refractivity contribution in [1.82, 2.24) is 4.90 Å². The number of benzene rings is 1. The minimum atomic E-state index is -0.481. The molecule has 1 amide bonds. The fourth-order valence-electron chi connectivity index (χ4n) is 2.52. The van der Waals surface area contributed by atoms with Crippen molar-refractivity contribution in [2.24, 2.45) is 0 Å². The molecule has 0 aliphatic carbocycles. The number of nitrogens with zero attached hydrogens (tertiary/aromatic N) is 1. The van der Waals surface area contributed by atoms with Gasteiger partial charge in [0.15, 0.2) is 6.10 Å². The van der Waals surface area contributed by atoms with E-state index in [9.17, 15) is 4.79 Å². The van der Waals surface area contributed by atoms with E-state index in [1.807, 2.05) is 51.1 Å². The molecule has 0 aromatic heterocycles. The van der Waals surface area contributed by atoms with Crippen LogP contribution >= 0.6 is 11.6 Å². The number of likely N-dealkylation sites (tertiary alicyclic amines) is 1. The molecule has 1 heterocycles. The zero-order valence-corrected chi connectivity index (χ0v) is 12.4. The van der Waals surface area contributed by atoms with Crippen LogP contribution in [0.25, 0.3) is 0 Å². The molecule has 1 aliphatic heterocycles. The van der Waals surface area contributed by atoms with Gasteiger partial charge in [-0.3, -0.25) is 4.79 Å². The maximum atomic E-state index is 12.0. The third-order valence-electron chi connectivity index (χ3n) is 3.47. The third-order valence-corrected chi connectivity index (χ3v) is 3.69. The first-order valence-corrected chi connectivity index (χ1v) is 6.98. The molecule has 0 unspecified atom stereocenters. The molecule has 2 atom stereocenters. The average Bonchev–Trinajstić information content (AvgIpc) is 2.36. The number of amides is 1. The van der Waals surface area contributed by atoms with Gasteiger partial charge < -0.3 is 9.64 Å². The van der Waals surface area contributed by atoms with Crippen LogP contribution in [0.1, 0.15) is 26.3 Å². The Hall–Kier alpha value is -1.06. The van der Waals surface area contributed by atoms with Crippen LogP contribution in [0.2, 0.25) is 0 Å². The number of β-lactam (4-membered cyclic amide) rings is 1. The highest BCUT2D eigenvalue weighted by Gasteiger charge is 2.53. The van der Waals surface area contributed by atoms with Crippen LogP contribution in [0.15, 0.2) is 30.3 Å². The monoisotopic (exact) mass is 281 g/mol. The maximum absolute atomic E-state index is 12.0. The van der Waals surface area contributed by atoms with Gasteiger partial charge in [-0.25, -0.2) is 0 Å². The molecule has 4 heteroatoms. The van der Waals surface area contributed by atoms with Crippen molar-refractivity contribution in [2.75, 3.05) is 6.54 Å². The normalized spacial score (nSPS) is 23.4. The van der Waals surface area contributed by atoms with Crippen LogP contribution in [-0.2, 0) is 16.1 Å². The number of hydrogen-bond acceptors (Lipinski definition) is 2. The van der Waals surface area contributed by atoms with Crippen LogP contribution in [-0.4, -0.2) is 34.4 Å². The average molecular weight is 282 g/mol. The Morgan fingerprint density at radius 1 is 1.32 bits per heavy atom. The standard InChI is InChI=1S/C15H20ClNO2/c1-4-17-13(15(2,3)16)12(14(17)18)19-10-11-8-6-5-7-9-11/h5-9,12-13H,4,10H2,1-3H3/t12-,13-/m0/s1. The predicted molar refractivity (Wildman–Crippen MR) is 76.1 cm³/mol. The molecule has 0 N–H and O–H groups in total. The molecule has 104 valence electrons. The van der Waals surface area contributed by atoms with Gasteiger partial charge in [0.25, 0.3) is 5.91 Å². The molecular weight excluding hydrogens is 262 g/mol. The number of ether oxygens (including phenoxy) is 1. The Bertz CT molecular complexity index is 441. The number of rotatable bonds is 5. The van der Waals surface area contributed by atoms with Gasteiger partial charge in [-0.05, 0) is 26.3 Å². The minimum Gasteiger partial charge on any atom is -0.361 e. The van der Waals surface area contributed by atoms with Crippen LogP contribution in [0.5, 0.6) is 0 Å². The third kappa shape index (κ3) is 2.93. The Kier molecular flexibility index (Phi) is 4.16. The molecule has 0 bridgehead atoms. The Balaban J connectivity index is 2.01. The number of alkyl halides is 1. The van der Waals surface area contributed by atoms with Gasteiger partial charge in [-0.2, -0.15) is 0 Å². The summed E-state index contributed by atoms with van der Waals surface area (Å²) in [5.74, 6) is 0.0390. The molecular formula is C15H20ClNO2. The number of hydrogen-bond donors (Lipinski definition) is 0. The lowest BCUT2D eigenvalue weighted by atomic mass is 9.87. The molecule has 1 saturated heterocycles. The van der Waals surface area contributed by atoms with Gasteiger partial charge in [0, 0.05) is 6.54 Å². The van der Waals surface area contributed by atoms with Crippen LogP contribution < -0.4 is 0 Å². The molecule has 0 spiro atoms. The summed E-state index contributed by atoms with van der Waals surface area (Å²) in [6.07, 6.45) is -0.423. The van der Waals surface area contributed by atoms with Crippen molar-refractivity contribution in [3.8, 4) is 0 Å². The summed E-state index contributed by atoms with van der Waals surface area (Å²) in [5, 5.41) is 0. The number of carbonyl (C=O) groups is 1. The second-order valence-electron chi connectivity index (χ2n) is 5.35. The van der Waals surface area contributed by atoms with Crippen LogP contribution in [0.4, 0.5) is 0 Å². The molecule has 0 saturated carbocycles. The van der Waals surface area contributed by atoms with Gasteiger partial charge in [-0.1, -0.05) is 30.3 Å². The molecule has 1 fully saturated rings. The Morgan fingerprint density at radius 3 is 2.47 bits per heavy atom. The summed E-state index contributed by atoms with van der Waals surface area (Å²) in [4.78, 5) is 13.3. The Morgan fingerprint density at radius 2 is 1.95 bits per heavy atom. The largest absolute Gasteiger partial charge is 0.361 e. The van der Waals surface area contributed by atoms with E-state index >= 15 is 0 Å². The van der Waals surface area contributed by atoms with E-state index in [0.29, 0.717) is 13.2 Å². The summed E-state index contributed by atoms with van der Waals surface area (Å²) < 4.78 is 5.77. The van der Waals surface area contributed by atoms with E-state index in [1.165, 1.54) is 0 Å². The van der Waals surface area contributed by atoms with E-state index in [-0.39, 0.29) is 11.9 Å². The molecule has 1 aliphatic rings. The second kappa shape index (κ2) is 5.51. The van der Waals surface area contributed by atoms with Crippen LogP contribution in [0.3, 0.4) is 0 Å². The summed E-state index contributed by atoms with van der Waals surface area (Å²) in [6.45, 7) is 6.92. The van der Waals surface area contributed by atoms with Crippen molar-refractivity contribution in [2.45, 2.75) is 44.4 Å². The van der Waals surface area contributed by atoms with Gasteiger partial charge >= 0.3 is 0 Å². The summed E-state index contributed by atoms with van der Waals surface area (Å²) in [7, 11) is 0. The highest BCUT2D eigenvalue weighted by atomic mass is 35.5. The summed E-state index contributed by atoms with van der Waals surface area (Å²) in [6, 6.07) is 9.80. The van der Waals surface area contributed by atoms with E-state index in [1.54, 1.807) is 4.90 Å². The Labute approximate surface area is 119 Å². The molecule has 1 aromatic carbocycles. The summed E-state index contributed by atoms with van der Waals surface area (Å²) in [5.41, 5.74) is 1.07. The fraction of sp³-hybridized carbons (Fsp3) is 0.533. The van der Waals surface area contributed by atoms with Gasteiger partial charge in [-0.15, -0.1) is 11.6 Å². The highest BCUT2D eigenvalue weighted by molar-refractivity contribution is 6.24. The van der Waals surface area contributed by atoms with Crippen molar-refractivity contribution >= 4 is 17.5 Å². The van der Waals surface area contributed by atoms with Crippen LogP contribution in [0, 0.1) is 0 Å².